The number of nitrogens with one attached hydrogen (secondary N) is 1. The number of nitrogens with zero attached hydrogens (tertiary/aromatic N) is 1. The van der Waals surface area contributed by atoms with Crippen molar-refractivity contribution in [3.8, 4) is 0 Å². The van der Waals surface area contributed by atoms with Gasteiger partial charge in [-0.2, -0.15) is 0 Å². The number of benzene rings is 1. The summed E-state index contributed by atoms with van der Waals surface area (Å²) in [6, 6.07) is 4.10. The van der Waals surface area contributed by atoms with Gasteiger partial charge in [-0.1, -0.05) is 0 Å². The van der Waals surface area contributed by atoms with Crippen molar-refractivity contribution >= 4 is 79.4 Å². The van der Waals surface area contributed by atoms with E-state index in [-0.39, 0.29) is 12.0 Å². The zero-order valence-corrected chi connectivity index (χ0v) is 17.2. The van der Waals surface area contributed by atoms with Crippen molar-refractivity contribution in [3.05, 3.63) is 22.8 Å². The van der Waals surface area contributed by atoms with Crippen LogP contribution >= 0.6 is 67.8 Å². The molecule has 1 aliphatic heterocycles. The number of aliphatic hydroxyl groups excluding tert-OH is 1. The van der Waals surface area contributed by atoms with E-state index >= 15 is 0 Å². The molecule has 1 saturated heterocycles. The molecule has 0 unspecified atom stereocenters. The number of likely N-dealkylation sites (tertiary alicyclic amines) is 1. The molecule has 4 nitrogen and oxygen atoms in total. The monoisotopic (exact) mass is 612 g/mol. The van der Waals surface area contributed by atoms with Crippen molar-refractivity contribution in [1.29, 1.82) is 0 Å². The van der Waals surface area contributed by atoms with Gasteiger partial charge in [-0.15, -0.1) is 0 Å². The molecule has 0 aromatic heterocycles. The maximum Gasteiger partial charge on any atom is 0.238 e. The van der Waals surface area contributed by atoms with Crippen molar-refractivity contribution in [2.75, 3.05) is 25.0 Å². The first-order valence-electron chi connectivity index (χ1n) is 6.30. The molecule has 2 rings (SSSR count). The maximum atomic E-state index is 12.1. The van der Waals surface area contributed by atoms with E-state index in [2.05, 4.69) is 90.1 Å². The largest absolute Gasteiger partial charge is 0.393 e. The number of hydrogen-bond donors (Lipinski definition) is 2. The molecule has 20 heavy (non-hydrogen) atoms. The number of carbonyl (C=O) groups excluding carboxylic acids is 1. The van der Waals surface area contributed by atoms with Crippen LogP contribution in [0.1, 0.15) is 12.8 Å². The predicted octanol–water partition coefficient (Wildman–Crippen LogP) is 2.90. The Balaban J connectivity index is 1.95. The lowest BCUT2D eigenvalue weighted by molar-refractivity contribution is -0.117. The molecule has 1 fully saturated rings. The smallest absolute Gasteiger partial charge is 0.238 e. The zero-order valence-electron chi connectivity index (χ0n) is 10.7. The fourth-order valence-corrected chi connectivity index (χ4v) is 5.97. The lowest BCUT2D eigenvalue weighted by atomic mass is 10.1. The van der Waals surface area contributed by atoms with Crippen LogP contribution in [-0.2, 0) is 4.79 Å². The van der Waals surface area contributed by atoms with E-state index in [1.54, 1.807) is 0 Å². The first kappa shape index (κ1) is 17.2. The normalized spacial score (nSPS) is 17.2. The van der Waals surface area contributed by atoms with Gasteiger partial charge in [0.2, 0.25) is 5.91 Å². The number of halogens is 3. The Morgan fingerprint density at radius 1 is 1.25 bits per heavy atom. The molecule has 1 aromatic carbocycles. The van der Waals surface area contributed by atoms with Crippen LogP contribution in [0, 0.1) is 10.7 Å². The van der Waals surface area contributed by atoms with Crippen LogP contribution in [0.25, 0.3) is 0 Å². The first-order chi connectivity index (χ1) is 9.45. The molecule has 0 spiro atoms. The molecule has 2 N–H and O–H groups in total. The molecular formula is C13H15I3N2O2. The summed E-state index contributed by atoms with van der Waals surface area (Å²) in [7, 11) is 0. The SMILES string of the molecule is O=C(CN1CCC(O)CC1)Nc1c(I)cc(I)cc1I. The van der Waals surface area contributed by atoms with Gasteiger partial charge in [0.15, 0.2) is 0 Å². The van der Waals surface area contributed by atoms with Crippen molar-refractivity contribution in [3.63, 3.8) is 0 Å². The average Bonchev–Trinajstić information content (AvgIpc) is 2.36. The highest BCUT2D eigenvalue weighted by Gasteiger charge is 2.19. The van der Waals surface area contributed by atoms with Crippen molar-refractivity contribution < 1.29 is 9.90 Å². The van der Waals surface area contributed by atoms with Gasteiger partial charge in [-0.05, 0) is 92.7 Å². The fraction of sp³-hybridized carbons (Fsp3) is 0.462. The van der Waals surface area contributed by atoms with Crippen molar-refractivity contribution in [2.24, 2.45) is 0 Å². The summed E-state index contributed by atoms with van der Waals surface area (Å²) >= 11 is 6.77. The predicted molar refractivity (Wildman–Crippen MR) is 105 cm³/mol. The zero-order chi connectivity index (χ0) is 14.7. The average molecular weight is 612 g/mol. The van der Waals surface area contributed by atoms with Crippen LogP contribution in [0.2, 0.25) is 0 Å². The second kappa shape index (κ2) is 7.88. The molecule has 110 valence electrons. The van der Waals surface area contributed by atoms with Crippen molar-refractivity contribution in [1.82, 2.24) is 4.90 Å². The summed E-state index contributed by atoms with van der Waals surface area (Å²) in [6.45, 7) is 1.97. The van der Waals surface area contributed by atoms with Gasteiger partial charge >= 0.3 is 0 Å². The van der Waals surface area contributed by atoms with Gasteiger partial charge < -0.3 is 10.4 Å². The van der Waals surface area contributed by atoms with E-state index < -0.39 is 0 Å². The van der Waals surface area contributed by atoms with Gasteiger partial charge in [-0.25, -0.2) is 0 Å². The molecular weight excluding hydrogens is 597 g/mol. The molecule has 1 heterocycles. The summed E-state index contributed by atoms with van der Waals surface area (Å²) in [4.78, 5) is 14.2. The Hall–Kier alpha value is 0.800. The van der Waals surface area contributed by atoms with E-state index in [1.165, 1.54) is 3.57 Å². The molecule has 0 radical (unpaired) electrons. The number of piperidine rings is 1. The lowest BCUT2D eigenvalue weighted by Crippen LogP contribution is -2.40. The summed E-state index contributed by atoms with van der Waals surface area (Å²) in [5.41, 5.74) is 0.897. The van der Waals surface area contributed by atoms with Gasteiger partial charge in [0.25, 0.3) is 0 Å². The standard InChI is InChI=1S/C13H15I3N2O2/c14-8-5-10(15)13(11(16)6-8)17-12(20)7-18-3-1-9(19)2-4-18/h5-6,9,19H,1-4,7H2,(H,17,20). The van der Waals surface area contributed by atoms with Gasteiger partial charge in [-0.3, -0.25) is 9.69 Å². The summed E-state index contributed by atoms with van der Waals surface area (Å²) in [5, 5.41) is 12.5. The van der Waals surface area contributed by atoms with Gasteiger partial charge in [0.05, 0.1) is 18.3 Å². The van der Waals surface area contributed by atoms with Crippen LogP contribution < -0.4 is 5.32 Å². The summed E-state index contributed by atoms with van der Waals surface area (Å²) in [6.07, 6.45) is 1.31. The van der Waals surface area contributed by atoms with Gasteiger partial charge in [0.1, 0.15) is 0 Å². The molecule has 0 aliphatic carbocycles. The fourth-order valence-electron chi connectivity index (χ4n) is 2.12. The minimum Gasteiger partial charge on any atom is -0.393 e. The Morgan fingerprint density at radius 2 is 1.80 bits per heavy atom. The van der Waals surface area contributed by atoms with Crippen LogP contribution in [0.15, 0.2) is 12.1 Å². The van der Waals surface area contributed by atoms with Crippen LogP contribution in [0.5, 0.6) is 0 Å². The lowest BCUT2D eigenvalue weighted by Gasteiger charge is -2.28. The Morgan fingerprint density at radius 3 is 2.35 bits per heavy atom. The molecule has 1 aliphatic rings. The second-order valence-corrected chi connectivity index (χ2v) is 8.37. The maximum absolute atomic E-state index is 12.1. The van der Waals surface area contributed by atoms with E-state index in [4.69, 9.17) is 0 Å². The second-order valence-electron chi connectivity index (χ2n) is 4.80. The number of carbonyl (C=O) groups is 1. The van der Waals surface area contributed by atoms with E-state index in [0.717, 1.165) is 38.8 Å². The molecule has 1 aromatic rings. The molecule has 1 amide bonds. The molecule has 0 saturated carbocycles. The third kappa shape index (κ3) is 4.92. The van der Waals surface area contributed by atoms with E-state index in [1.807, 2.05) is 0 Å². The minimum absolute atomic E-state index is 0.0124. The number of anilines is 1. The topological polar surface area (TPSA) is 52.6 Å². The van der Waals surface area contributed by atoms with E-state index in [9.17, 15) is 9.90 Å². The highest BCUT2D eigenvalue weighted by atomic mass is 127. The highest BCUT2D eigenvalue weighted by Crippen LogP contribution is 2.27. The summed E-state index contributed by atoms with van der Waals surface area (Å²) < 4.78 is 3.28. The molecule has 0 atom stereocenters. The van der Waals surface area contributed by atoms with Gasteiger partial charge in [0, 0.05) is 23.8 Å². The third-order valence-corrected chi connectivity index (χ3v) is 5.52. The number of aliphatic hydroxyl groups is 1. The molecule has 7 heteroatoms. The van der Waals surface area contributed by atoms with Crippen LogP contribution in [0.3, 0.4) is 0 Å². The Bertz CT molecular complexity index is 479. The van der Waals surface area contributed by atoms with Crippen LogP contribution in [-0.4, -0.2) is 41.7 Å². The quantitative estimate of drug-likeness (QED) is 0.517. The Labute approximate surface area is 159 Å². The molecule has 0 bridgehead atoms. The first-order valence-corrected chi connectivity index (χ1v) is 9.54. The third-order valence-electron chi connectivity index (χ3n) is 3.20. The number of rotatable bonds is 3. The van der Waals surface area contributed by atoms with Crippen molar-refractivity contribution in [2.45, 2.75) is 18.9 Å². The minimum atomic E-state index is -0.201. The summed E-state index contributed by atoms with van der Waals surface area (Å²) in [5.74, 6) is 0.0124. The number of hydrogen-bond acceptors (Lipinski definition) is 3. The highest BCUT2D eigenvalue weighted by molar-refractivity contribution is 14.1. The Kier molecular flexibility index (Phi) is 6.76. The van der Waals surface area contributed by atoms with E-state index in [0.29, 0.717) is 6.54 Å². The van der Waals surface area contributed by atoms with Crippen LogP contribution in [0.4, 0.5) is 5.69 Å². The number of amides is 1.